The van der Waals surface area contributed by atoms with Gasteiger partial charge in [-0.25, -0.2) is 0 Å². The van der Waals surface area contributed by atoms with E-state index in [2.05, 4.69) is 18.3 Å². The van der Waals surface area contributed by atoms with Crippen molar-refractivity contribution in [2.75, 3.05) is 26.3 Å². The van der Waals surface area contributed by atoms with Crippen molar-refractivity contribution in [1.82, 2.24) is 5.32 Å². The van der Waals surface area contributed by atoms with E-state index in [1.54, 1.807) is 0 Å². The minimum atomic E-state index is 0.449. The number of morpholine rings is 1. The van der Waals surface area contributed by atoms with E-state index in [0.29, 0.717) is 12.7 Å². The second kappa shape index (κ2) is 10.2. The first kappa shape index (κ1) is 17.7. The summed E-state index contributed by atoms with van der Waals surface area (Å²) in [5, 5.41) is 3.99. The molecule has 0 unspecified atom stereocenters. The minimum Gasteiger partial charge on any atom is -0.379 e. The van der Waals surface area contributed by atoms with Gasteiger partial charge in [-0.2, -0.15) is 0 Å². The van der Waals surface area contributed by atoms with E-state index in [4.69, 9.17) is 21.1 Å². The Labute approximate surface area is 139 Å². The van der Waals surface area contributed by atoms with Gasteiger partial charge in [0.2, 0.25) is 0 Å². The lowest BCUT2D eigenvalue weighted by Gasteiger charge is -2.22. The number of ether oxygens (including phenoxy) is 2. The standard InChI is InChI=1S/C14H19ClO.C4H9NO/c1-11-6-5-9-14(15)13(11)10-16-12-7-3-2-4-8-12;1-3-6-4-2-5-1/h5-6,9,12H,2-4,7-8,10H2,1H3;5H,1-4H2. The quantitative estimate of drug-likeness (QED) is 0.907. The number of hydrogen-bond acceptors (Lipinski definition) is 3. The summed E-state index contributed by atoms with van der Waals surface area (Å²) in [5.74, 6) is 0. The summed E-state index contributed by atoms with van der Waals surface area (Å²) in [5.41, 5.74) is 2.37. The fourth-order valence-corrected chi connectivity index (χ4v) is 3.07. The molecular weight excluding hydrogens is 298 g/mol. The molecule has 0 radical (unpaired) electrons. The van der Waals surface area contributed by atoms with Gasteiger partial charge in [-0.05, 0) is 37.0 Å². The maximum Gasteiger partial charge on any atom is 0.0737 e. The molecule has 0 aromatic heterocycles. The maximum absolute atomic E-state index is 6.17. The lowest BCUT2D eigenvalue weighted by atomic mass is 9.98. The highest BCUT2D eigenvalue weighted by molar-refractivity contribution is 6.31. The second-order valence-corrected chi connectivity index (χ2v) is 6.38. The van der Waals surface area contributed by atoms with Gasteiger partial charge in [0.1, 0.15) is 0 Å². The molecule has 0 spiro atoms. The molecule has 1 saturated carbocycles. The van der Waals surface area contributed by atoms with Crippen molar-refractivity contribution in [3.8, 4) is 0 Å². The first-order valence-corrected chi connectivity index (χ1v) is 8.79. The molecule has 22 heavy (non-hydrogen) atoms. The zero-order valence-corrected chi connectivity index (χ0v) is 14.3. The lowest BCUT2D eigenvalue weighted by molar-refractivity contribution is 0.0167. The van der Waals surface area contributed by atoms with Crippen LogP contribution in [0, 0.1) is 6.92 Å². The molecular formula is C18H28ClNO2. The first-order chi connectivity index (χ1) is 10.8. The summed E-state index contributed by atoms with van der Waals surface area (Å²) < 4.78 is 11.0. The van der Waals surface area contributed by atoms with E-state index in [1.807, 2.05) is 12.1 Å². The zero-order chi connectivity index (χ0) is 15.6. The van der Waals surface area contributed by atoms with Crippen molar-refractivity contribution in [2.24, 2.45) is 0 Å². The molecule has 1 saturated heterocycles. The van der Waals surface area contributed by atoms with Crippen molar-refractivity contribution in [2.45, 2.75) is 51.7 Å². The molecule has 124 valence electrons. The summed E-state index contributed by atoms with van der Waals surface area (Å²) >= 11 is 6.17. The molecule has 2 aliphatic rings. The average Bonchev–Trinajstić information content (AvgIpc) is 2.58. The topological polar surface area (TPSA) is 30.5 Å². The molecule has 3 nitrogen and oxygen atoms in total. The van der Waals surface area contributed by atoms with Gasteiger partial charge in [-0.1, -0.05) is 43.0 Å². The van der Waals surface area contributed by atoms with Gasteiger partial charge < -0.3 is 14.8 Å². The smallest absolute Gasteiger partial charge is 0.0737 e. The van der Waals surface area contributed by atoms with E-state index in [9.17, 15) is 0 Å². The molecule has 1 N–H and O–H groups in total. The van der Waals surface area contributed by atoms with Gasteiger partial charge in [0.25, 0.3) is 0 Å². The Kier molecular flexibility index (Phi) is 8.24. The highest BCUT2D eigenvalue weighted by Crippen LogP contribution is 2.25. The molecule has 0 bridgehead atoms. The van der Waals surface area contributed by atoms with Crippen molar-refractivity contribution in [3.05, 3.63) is 34.3 Å². The van der Waals surface area contributed by atoms with E-state index in [1.165, 1.54) is 37.7 Å². The fraction of sp³-hybridized carbons (Fsp3) is 0.667. The van der Waals surface area contributed by atoms with Gasteiger partial charge in [0.15, 0.2) is 0 Å². The van der Waals surface area contributed by atoms with Crippen LogP contribution in [0.25, 0.3) is 0 Å². The number of nitrogens with one attached hydrogen (secondary N) is 1. The second-order valence-electron chi connectivity index (χ2n) is 5.97. The monoisotopic (exact) mass is 325 g/mol. The van der Waals surface area contributed by atoms with Gasteiger partial charge in [-0.3, -0.25) is 0 Å². The van der Waals surface area contributed by atoms with E-state index < -0.39 is 0 Å². The van der Waals surface area contributed by atoms with Crippen LogP contribution in [0.1, 0.15) is 43.2 Å². The van der Waals surface area contributed by atoms with Crippen LogP contribution in [-0.4, -0.2) is 32.4 Å². The molecule has 2 fully saturated rings. The highest BCUT2D eigenvalue weighted by atomic mass is 35.5. The summed E-state index contributed by atoms with van der Waals surface area (Å²) in [7, 11) is 0. The van der Waals surface area contributed by atoms with Crippen LogP contribution in [-0.2, 0) is 16.1 Å². The SMILES string of the molecule is C1COCCN1.Cc1cccc(Cl)c1COC1CCCCC1. The molecule has 1 aliphatic heterocycles. The van der Waals surface area contributed by atoms with Gasteiger partial charge in [0.05, 0.1) is 25.9 Å². The number of benzene rings is 1. The van der Waals surface area contributed by atoms with Crippen molar-refractivity contribution in [3.63, 3.8) is 0 Å². The third-order valence-electron chi connectivity index (χ3n) is 4.22. The third-order valence-corrected chi connectivity index (χ3v) is 4.57. The number of halogens is 1. The molecule has 4 heteroatoms. The van der Waals surface area contributed by atoms with Crippen LogP contribution < -0.4 is 5.32 Å². The Balaban J connectivity index is 0.000000246. The van der Waals surface area contributed by atoms with E-state index in [0.717, 1.165) is 36.9 Å². The number of rotatable bonds is 3. The third kappa shape index (κ3) is 6.25. The Morgan fingerprint density at radius 2 is 1.91 bits per heavy atom. The Bertz CT molecular complexity index is 397. The molecule has 3 rings (SSSR count). The zero-order valence-electron chi connectivity index (χ0n) is 13.6. The van der Waals surface area contributed by atoms with Crippen LogP contribution in [0.4, 0.5) is 0 Å². The van der Waals surface area contributed by atoms with Crippen molar-refractivity contribution < 1.29 is 9.47 Å². The fourth-order valence-electron chi connectivity index (χ4n) is 2.80. The number of aryl methyl sites for hydroxylation is 1. The molecule has 1 aromatic rings. The Morgan fingerprint density at radius 3 is 2.45 bits per heavy atom. The molecule has 0 atom stereocenters. The van der Waals surface area contributed by atoms with Crippen LogP contribution in [0.5, 0.6) is 0 Å². The largest absolute Gasteiger partial charge is 0.379 e. The van der Waals surface area contributed by atoms with E-state index >= 15 is 0 Å². The van der Waals surface area contributed by atoms with E-state index in [-0.39, 0.29) is 0 Å². The average molecular weight is 326 g/mol. The highest BCUT2D eigenvalue weighted by Gasteiger charge is 2.14. The normalized spacial score (nSPS) is 19.4. The molecule has 0 amide bonds. The maximum atomic E-state index is 6.17. The predicted molar refractivity (Wildman–Crippen MR) is 91.5 cm³/mol. The van der Waals surface area contributed by atoms with Crippen LogP contribution in [0.15, 0.2) is 18.2 Å². The molecule has 1 heterocycles. The predicted octanol–water partition coefficient (Wildman–Crippen LogP) is 4.10. The summed E-state index contributed by atoms with van der Waals surface area (Å²) in [4.78, 5) is 0. The summed E-state index contributed by atoms with van der Waals surface area (Å²) in [6.45, 7) is 6.58. The van der Waals surface area contributed by atoms with Crippen molar-refractivity contribution in [1.29, 1.82) is 0 Å². The molecule has 1 aromatic carbocycles. The Morgan fingerprint density at radius 1 is 1.18 bits per heavy atom. The number of hydrogen-bond donors (Lipinski definition) is 1. The Hall–Kier alpha value is -0.610. The van der Waals surface area contributed by atoms with Gasteiger partial charge in [-0.15, -0.1) is 0 Å². The van der Waals surface area contributed by atoms with Crippen molar-refractivity contribution >= 4 is 11.6 Å². The minimum absolute atomic E-state index is 0.449. The summed E-state index contributed by atoms with van der Waals surface area (Å²) in [6.07, 6.45) is 6.86. The van der Waals surface area contributed by atoms with Crippen LogP contribution >= 0.6 is 11.6 Å². The summed E-state index contributed by atoms with van der Waals surface area (Å²) in [6, 6.07) is 6.02. The lowest BCUT2D eigenvalue weighted by Crippen LogP contribution is -2.30. The molecule has 1 aliphatic carbocycles. The van der Waals surface area contributed by atoms with Gasteiger partial charge in [0, 0.05) is 18.1 Å². The van der Waals surface area contributed by atoms with Crippen LogP contribution in [0.2, 0.25) is 5.02 Å². The van der Waals surface area contributed by atoms with Crippen LogP contribution in [0.3, 0.4) is 0 Å². The first-order valence-electron chi connectivity index (χ1n) is 8.41. The van der Waals surface area contributed by atoms with Gasteiger partial charge >= 0.3 is 0 Å².